The van der Waals surface area contributed by atoms with Gasteiger partial charge in [0.25, 0.3) is 5.91 Å². The average molecular weight is 392 g/mol. The average Bonchev–Trinajstić information content (AvgIpc) is 2.76. The Labute approximate surface area is 170 Å². The van der Waals surface area contributed by atoms with Crippen LogP contribution in [0.3, 0.4) is 0 Å². The first-order valence-corrected chi connectivity index (χ1v) is 9.35. The second kappa shape index (κ2) is 10.7. The fourth-order valence-electron chi connectivity index (χ4n) is 2.79. The number of nitrogens with zero attached hydrogens (tertiary/aromatic N) is 1. The highest BCUT2D eigenvalue weighted by Crippen LogP contribution is 2.22. The number of ether oxygens (including phenoxy) is 2. The van der Waals surface area contributed by atoms with E-state index in [1.54, 1.807) is 31.4 Å². The molecule has 0 atom stereocenters. The van der Waals surface area contributed by atoms with Crippen LogP contribution in [-0.4, -0.2) is 25.6 Å². The van der Waals surface area contributed by atoms with E-state index in [1.807, 2.05) is 38.1 Å². The van der Waals surface area contributed by atoms with Gasteiger partial charge in [0.1, 0.15) is 17.4 Å². The predicted octanol–water partition coefficient (Wildman–Crippen LogP) is 3.91. The molecule has 0 aromatic heterocycles. The summed E-state index contributed by atoms with van der Waals surface area (Å²) >= 11 is 0. The molecule has 0 aliphatic heterocycles. The summed E-state index contributed by atoms with van der Waals surface area (Å²) in [5.41, 5.74) is 3.24. The number of carbonyl (C=O) groups excluding carboxylic acids is 2. The number of rotatable bonds is 8. The molecule has 1 N–H and O–H groups in total. The maximum absolute atomic E-state index is 12.3. The van der Waals surface area contributed by atoms with Gasteiger partial charge in [0, 0.05) is 5.69 Å². The zero-order valence-electron chi connectivity index (χ0n) is 16.8. The number of esters is 1. The quantitative estimate of drug-likeness (QED) is 0.418. The molecule has 150 valence electrons. The number of hydrogen-bond donors (Lipinski definition) is 1. The summed E-state index contributed by atoms with van der Waals surface area (Å²) in [4.78, 5) is 24.5. The third kappa shape index (κ3) is 5.94. The summed E-state index contributed by atoms with van der Waals surface area (Å²) in [6.07, 6.45) is 2.94. The number of methoxy groups -OCH3 is 1. The minimum atomic E-state index is -0.849. The molecule has 6 nitrogen and oxygen atoms in total. The van der Waals surface area contributed by atoms with Gasteiger partial charge >= 0.3 is 5.97 Å². The van der Waals surface area contributed by atoms with Gasteiger partial charge in [-0.25, -0.2) is 4.79 Å². The molecule has 0 fully saturated rings. The topological polar surface area (TPSA) is 88.4 Å². The number of nitrogens with one attached hydrogen (secondary N) is 1. The molecule has 0 spiro atoms. The largest absolute Gasteiger partial charge is 0.497 e. The third-order valence-electron chi connectivity index (χ3n) is 4.36. The van der Waals surface area contributed by atoms with E-state index in [0.717, 1.165) is 29.7 Å². The Morgan fingerprint density at radius 3 is 2.21 bits per heavy atom. The smallest absolute Gasteiger partial charge is 0.349 e. The molecule has 0 saturated heterocycles. The Hall–Kier alpha value is -3.59. The predicted molar refractivity (Wildman–Crippen MR) is 111 cm³/mol. The maximum atomic E-state index is 12.3. The minimum absolute atomic E-state index is 0.189. The van der Waals surface area contributed by atoms with Gasteiger partial charge in [0.15, 0.2) is 6.61 Å². The Kier molecular flexibility index (Phi) is 7.99. The number of anilines is 1. The molecule has 2 rings (SSSR count). The fraction of sp³-hybridized carbons (Fsp3) is 0.261. The molecule has 0 heterocycles. The number of benzene rings is 2. The zero-order valence-corrected chi connectivity index (χ0v) is 16.8. The van der Waals surface area contributed by atoms with Crippen LogP contribution in [0.5, 0.6) is 5.75 Å². The van der Waals surface area contributed by atoms with Gasteiger partial charge in [0.05, 0.1) is 7.11 Å². The van der Waals surface area contributed by atoms with E-state index in [0.29, 0.717) is 11.3 Å². The highest BCUT2D eigenvalue weighted by molar-refractivity contribution is 6.00. The van der Waals surface area contributed by atoms with Crippen molar-refractivity contribution in [1.82, 2.24) is 0 Å². The molecule has 2 aromatic carbocycles. The molecule has 6 heteroatoms. The lowest BCUT2D eigenvalue weighted by Gasteiger charge is -2.14. The second-order valence-electron chi connectivity index (χ2n) is 6.23. The van der Waals surface area contributed by atoms with E-state index in [2.05, 4.69) is 5.32 Å². The van der Waals surface area contributed by atoms with Gasteiger partial charge in [-0.1, -0.05) is 44.2 Å². The molecule has 29 heavy (non-hydrogen) atoms. The van der Waals surface area contributed by atoms with Crippen LogP contribution in [0.2, 0.25) is 0 Å². The van der Waals surface area contributed by atoms with Crippen molar-refractivity contribution in [3.63, 3.8) is 0 Å². The zero-order chi connectivity index (χ0) is 21.2. The number of hydrogen-bond acceptors (Lipinski definition) is 5. The summed E-state index contributed by atoms with van der Waals surface area (Å²) < 4.78 is 10.1. The monoisotopic (exact) mass is 392 g/mol. The molecule has 0 saturated carbocycles. The Bertz CT molecular complexity index is 918. The van der Waals surface area contributed by atoms with Crippen LogP contribution in [0.1, 0.15) is 30.5 Å². The van der Waals surface area contributed by atoms with Gasteiger partial charge in [0.2, 0.25) is 0 Å². The van der Waals surface area contributed by atoms with E-state index in [1.165, 1.54) is 6.08 Å². The lowest BCUT2D eigenvalue weighted by molar-refractivity contribution is -0.142. The van der Waals surface area contributed by atoms with E-state index in [4.69, 9.17) is 9.47 Å². The molecular weight excluding hydrogens is 368 g/mol. The van der Waals surface area contributed by atoms with Gasteiger partial charge in [-0.05, 0) is 47.7 Å². The van der Waals surface area contributed by atoms with Gasteiger partial charge in [-0.3, -0.25) is 4.79 Å². The molecule has 0 aliphatic rings. The van der Waals surface area contributed by atoms with Crippen LogP contribution in [-0.2, 0) is 27.2 Å². The lowest BCUT2D eigenvalue weighted by atomic mass is 10.0. The van der Waals surface area contributed by atoms with Crippen molar-refractivity contribution in [3.8, 4) is 11.8 Å². The van der Waals surface area contributed by atoms with Crippen LogP contribution in [0.25, 0.3) is 6.08 Å². The molecule has 0 bridgehead atoms. The van der Waals surface area contributed by atoms with Gasteiger partial charge in [-0.2, -0.15) is 5.26 Å². The highest BCUT2D eigenvalue weighted by Gasteiger charge is 2.15. The molecular formula is C23H24N2O4. The minimum Gasteiger partial charge on any atom is -0.497 e. The summed E-state index contributed by atoms with van der Waals surface area (Å²) in [7, 11) is 1.55. The van der Waals surface area contributed by atoms with Crippen LogP contribution >= 0.6 is 0 Å². The number of amides is 1. The van der Waals surface area contributed by atoms with Crippen molar-refractivity contribution in [2.75, 3.05) is 19.0 Å². The molecule has 0 radical (unpaired) electrons. The Balaban J connectivity index is 2.03. The van der Waals surface area contributed by atoms with Crippen molar-refractivity contribution in [1.29, 1.82) is 5.26 Å². The van der Waals surface area contributed by atoms with Crippen molar-refractivity contribution in [2.24, 2.45) is 0 Å². The fourth-order valence-corrected chi connectivity index (χ4v) is 2.79. The van der Waals surface area contributed by atoms with Crippen LogP contribution in [0.4, 0.5) is 5.69 Å². The number of para-hydroxylation sites is 1. The molecule has 0 aliphatic carbocycles. The second-order valence-corrected chi connectivity index (χ2v) is 6.23. The SMILES string of the molecule is CCc1cccc(CC)c1NC(=O)COC(=O)C(C#N)=Cc1ccc(OC)cc1. The first-order valence-electron chi connectivity index (χ1n) is 9.35. The summed E-state index contributed by atoms with van der Waals surface area (Å²) in [5, 5.41) is 12.1. The van der Waals surface area contributed by atoms with Gasteiger partial charge < -0.3 is 14.8 Å². The van der Waals surface area contributed by atoms with Crippen molar-refractivity contribution in [3.05, 3.63) is 64.7 Å². The maximum Gasteiger partial charge on any atom is 0.349 e. The summed E-state index contributed by atoms with van der Waals surface area (Å²) in [5.74, 6) is -0.632. The standard InChI is InChI=1S/C23H24N2O4/c1-4-17-7-6-8-18(5-2)22(17)25-21(26)15-29-23(27)19(14-24)13-16-9-11-20(28-3)12-10-16/h6-13H,4-5,15H2,1-3H3,(H,25,26). The highest BCUT2D eigenvalue weighted by atomic mass is 16.5. The number of aryl methyl sites for hydroxylation is 2. The number of nitriles is 1. The van der Waals surface area contributed by atoms with E-state index in [-0.39, 0.29) is 5.57 Å². The third-order valence-corrected chi connectivity index (χ3v) is 4.36. The Morgan fingerprint density at radius 1 is 1.07 bits per heavy atom. The van der Waals surface area contributed by atoms with E-state index in [9.17, 15) is 14.9 Å². The van der Waals surface area contributed by atoms with Crippen molar-refractivity contribution in [2.45, 2.75) is 26.7 Å². The lowest BCUT2D eigenvalue weighted by Crippen LogP contribution is -2.22. The first-order chi connectivity index (χ1) is 14.0. The van der Waals surface area contributed by atoms with E-state index < -0.39 is 18.5 Å². The Morgan fingerprint density at radius 2 is 1.69 bits per heavy atom. The number of carbonyl (C=O) groups is 2. The normalized spacial score (nSPS) is 10.8. The first kappa shape index (κ1) is 21.7. The molecule has 2 aromatic rings. The van der Waals surface area contributed by atoms with Gasteiger partial charge in [-0.15, -0.1) is 0 Å². The van der Waals surface area contributed by atoms with Crippen LogP contribution in [0, 0.1) is 11.3 Å². The van der Waals surface area contributed by atoms with E-state index >= 15 is 0 Å². The van der Waals surface area contributed by atoms with Crippen LogP contribution < -0.4 is 10.1 Å². The summed E-state index contributed by atoms with van der Waals surface area (Å²) in [6.45, 7) is 3.54. The van der Waals surface area contributed by atoms with Crippen LogP contribution in [0.15, 0.2) is 48.0 Å². The van der Waals surface area contributed by atoms with Crippen molar-refractivity contribution >= 4 is 23.6 Å². The summed E-state index contributed by atoms with van der Waals surface area (Å²) in [6, 6.07) is 14.5. The van der Waals surface area contributed by atoms with Crippen molar-refractivity contribution < 1.29 is 19.1 Å². The molecule has 0 unspecified atom stereocenters. The molecule has 1 amide bonds.